The summed E-state index contributed by atoms with van der Waals surface area (Å²) in [5.74, 6) is 0.887. The van der Waals surface area contributed by atoms with Crippen LogP contribution in [0.4, 0.5) is 0 Å². The molecule has 2 rings (SSSR count). The van der Waals surface area contributed by atoms with Gasteiger partial charge in [0, 0.05) is 11.6 Å². The summed E-state index contributed by atoms with van der Waals surface area (Å²) < 4.78 is 5.20. The monoisotopic (exact) mass is 207 g/mol. The number of aromatic hydroxyl groups is 1. The maximum atomic E-state index is 10.1. The summed E-state index contributed by atoms with van der Waals surface area (Å²) in [5, 5.41) is 13.4. The largest absolute Gasteiger partial charge is 0.504 e. The zero-order chi connectivity index (χ0) is 10.8. The van der Waals surface area contributed by atoms with Crippen molar-refractivity contribution in [1.82, 2.24) is 5.32 Å². The SMILES string of the molecule is COc1c(C)ccc(C2CCCN2)c1O. The molecule has 1 aliphatic heterocycles. The summed E-state index contributed by atoms with van der Waals surface area (Å²) in [6.07, 6.45) is 2.25. The molecule has 0 aliphatic carbocycles. The van der Waals surface area contributed by atoms with Crippen LogP contribution in [0.2, 0.25) is 0 Å². The van der Waals surface area contributed by atoms with Crippen molar-refractivity contribution < 1.29 is 9.84 Å². The van der Waals surface area contributed by atoms with Crippen LogP contribution in [0.3, 0.4) is 0 Å². The van der Waals surface area contributed by atoms with Crippen molar-refractivity contribution in [3.63, 3.8) is 0 Å². The molecule has 0 radical (unpaired) electrons. The predicted molar refractivity (Wildman–Crippen MR) is 59.4 cm³/mol. The molecule has 0 bridgehead atoms. The van der Waals surface area contributed by atoms with Crippen LogP contribution in [0.25, 0.3) is 0 Å². The average Bonchev–Trinajstić information content (AvgIpc) is 2.71. The van der Waals surface area contributed by atoms with Crippen molar-refractivity contribution in [3.8, 4) is 11.5 Å². The Labute approximate surface area is 90.1 Å². The Bertz CT molecular complexity index is 357. The van der Waals surface area contributed by atoms with E-state index in [1.54, 1.807) is 7.11 Å². The predicted octanol–water partition coefficient (Wildman–Crippen LogP) is 2.13. The summed E-state index contributed by atoms with van der Waals surface area (Å²) in [4.78, 5) is 0. The quantitative estimate of drug-likeness (QED) is 0.780. The number of hydrogen-bond donors (Lipinski definition) is 2. The molecule has 0 amide bonds. The molecular formula is C12H17NO2. The van der Waals surface area contributed by atoms with Gasteiger partial charge in [-0.3, -0.25) is 0 Å². The van der Waals surface area contributed by atoms with E-state index in [0.717, 1.165) is 24.1 Å². The first kappa shape index (κ1) is 10.3. The molecule has 1 heterocycles. The summed E-state index contributed by atoms with van der Waals surface area (Å²) >= 11 is 0. The average molecular weight is 207 g/mol. The minimum absolute atomic E-state index is 0.277. The van der Waals surface area contributed by atoms with Crippen molar-refractivity contribution >= 4 is 0 Å². The van der Waals surface area contributed by atoms with Crippen LogP contribution in [-0.4, -0.2) is 18.8 Å². The van der Waals surface area contributed by atoms with Crippen LogP contribution < -0.4 is 10.1 Å². The molecule has 1 unspecified atom stereocenters. The normalized spacial score (nSPS) is 20.5. The van der Waals surface area contributed by atoms with Gasteiger partial charge in [0.25, 0.3) is 0 Å². The Kier molecular flexibility index (Phi) is 2.82. The van der Waals surface area contributed by atoms with Gasteiger partial charge in [-0.15, -0.1) is 0 Å². The fourth-order valence-electron chi connectivity index (χ4n) is 2.18. The molecule has 1 aliphatic rings. The van der Waals surface area contributed by atoms with Gasteiger partial charge in [-0.1, -0.05) is 12.1 Å². The Hall–Kier alpha value is -1.22. The minimum Gasteiger partial charge on any atom is -0.504 e. The molecule has 1 saturated heterocycles. The summed E-state index contributed by atoms with van der Waals surface area (Å²) in [7, 11) is 1.59. The summed E-state index contributed by atoms with van der Waals surface area (Å²) in [6.45, 7) is 2.96. The lowest BCUT2D eigenvalue weighted by Gasteiger charge is -2.16. The fraction of sp³-hybridized carbons (Fsp3) is 0.500. The van der Waals surface area contributed by atoms with Crippen LogP contribution in [0, 0.1) is 6.92 Å². The number of phenolic OH excluding ortho intramolecular Hbond substituents is 1. The molecule has 1 fully saturated rings. The number of aryl methyl sites for hydroxylation is 1. The van der Waals surface area contributed by atoms with Gasteiger partial charge < -0.3 is 15.2 Å². The fourth-order valence-corrected chi connectivity index (χ4v) is 2.18. The van der Waals surface area contributed by atoms with E-state index in [-0.39, 0.29) is 11.8 Å². The molecule has 0 aromatic heterocycles. The Morgan fingerprint density at radius 3 is 2.87 bits per heavy atom. The lowest BCUT2D eigenvalue weighted by molar-refractivity contribution is 0.365. The van der Waals surface area contributed by atoms with E-state index in [1.807, 2.05) is 19.1 Å². The second-order valence-corrected chi connectivity index (χ2v) is 4.00. The van der Waals surface area contributed by atoms with Gasteiger partial charge in [0.05, 0.1) is 7.11 Å². The van der Waals surface area contributed by atoms with E-state index in [4.69, 9.17) is 4.74 Å². The van der Waals surface area contributed by atoms with Crippen LogP contribution in [0.5, 0.6) is 11.5 Å². The molecule has 1 aromatic rings. The van der Waals surface area contributed by atoms with E-state index >= 15 is 0 Å². The van der Waals surface area contributed by atoms with Crippen LogP contribution in [0.1, 0.15) is 30.0 Å². The minimum atomic E-state index is 0.277. The number of ether oxygens (including phenoxy) is 1. The highest BCUT2D eigenvalue weighted by Gasteiger charge is 2.21. The molecule has 2 N–H and O–H groups in total. The molecule has 3 nitrogen and oxygen atoms in total. The third-order valence-electron chi connectivity index (χ3n) is 3.00. The molecule has 1 aromatic carbocycles. The Morgan fingerprint density at radius 2 is 2.27 bits per heavy atom. The molecule has 3 heteroatoms. The van der Waals surface area contributed by atoms with Crippen LogP contribution in [-0.2, 0) is 0 Å². The van der Waals surface area contributed by atoms with Gasteiger partial charge >= 0.3 is 0 Å². The number of methoxy groups -OCH3 is 1. The van der Waals surface area contributed by atoms with E-state index < -0.39 is 0 Å². The van der Waals surface area contributed by atoms with Crippen molar-refractivity contribution in [2.75, 3.05) is 13.7 Å². The molecule has 15 heavy (non-hydrogen) atoms. The van der Waals surface area contributed by atoms with Crippen LogP contribution in [0.15, 0.2) is 12.1 Å². The first-order valence-corrected chi connectivity index (χ1v) is 5.34. The first-order valence-electron chi connectivity index (χ1n) is 5.34. The number of rotatable bonds is 2. The zero-order valence-corrected chi connectivity index (χ0v) is 9.21. The van der Waals surface area contributed by atoms with E-state index in [0.29, 0.717) is 5.75 Å². The molecule has 82 valence electrons. The van der Waals surface area contributed by atoms with Gasteiger partial charge in [-0.05, 0) is 31.9 Å². The summed E-state index contributed by atoms with van der Waals surface area (Å²) in [6, 6.07) is 4.25. The lowest BCUT2D eigenvalue weighted by atomic mass is 10.0. The second kappa shape index (κ2) is 4.11. The van der Waals surface area contributed by atoms with Crippen molar-refractivity contribution in [1.29, 1.82) is 0 Å². The third-order valence-corrected chi connectivity index (χ3v) is 3.00. The topological polar surface area (TPSA) is 41.5 Å². The highest BCUT2D eigenvalue weighted by atomic mass is 16.5. The maximum Gasteiger partial charge on any atom is 0.163 e. The zero-order valence-electron chi connectivity index (χ0n) is 9.21. The van der Waals surface area contributed by atoms with Gasteiger partial charge in [0.2, 0.25) is 0 Å². The third kappa shape index (κ3) is 1.79. The molecule has 1 atom stereocenters. The maximum absolute atomic E-state index is 10.1. The highest BCUT2D eigenvalue weighted by Crippen LogP contribution is 2.38. The van der Waals surface area contributed by atoms with E-state index in [9.17, 15) is 5.11 Å². The van der Waals surface area contributed by atoms with E-state index in [1.165, 1.54) is 6.42 Å². The van der Waals surface area contributed by atoms with E-state index in [2.05, 4.69) is 5.32 Å². The van der Waals surface area contributed by atoms with Gasteiger partial charge in [-0.25, -0.2) is 0 Å². The number of phenols is 1. The molecule has 0 spiro atoms. The molecular weight excluding hydrogens is 190 g/mol. The summed E-state index contributed by atoms with van der Waals surface area (Å²) in [5.41, 5.74) is 1.92. The van der Waals surface area contributed by atoms with Crippen molar-refractivity contribution in [3.05, 3.63) is 23.3 Å². The second-order valence-electron chi connectivity index (χ2n) is 4.00. The number of nitrogens with one attached hydrogen (secondary N) is 1. The van der Waals surface area contributed by atoms with Gasteiger partial charge in [0.1, 0.15) is 0 Å². The Morgan fingerprint density at radius 1 is 1.47 bits per heavy atom. The Balaban J connectivity index is 2.39. The highest BCUT2D eigenvalue weighted by molar-refractivity contribution is 5.51. The van der Waals surface area contributed by atoms with Crippen molar-refractivity contribution in [2.45, 2.75) is 25.8 Å². The smallest absolute Gasteiger partial charge is 0.163 e. The van der Waals surface area contributed by atoms with Gasteiger partial charge in [-0.2, -0.15) is 0 Å². The number of hydrogen-bond acceptors (Lipinski definition) is 3. The first-order chi connectivity index (χ1) is 7.24. The lowest BCUT2D eigenvalue weighted by Crippen LogP contribution is -2.13. The standard InChI is InChI=1S/C12H17NO2/c1-8-5-6-9(10-4-3-7-13-10)11(14)12(8)15-2/h5-6,10,13-14H,3-4,7H2,1-2H3. The van der Waals surface area contributed by atoms with Crippen LogP contribution >= 0.6 is 0 Å². The van der Waals surface area contributed by atoms with Gasteiger partial charge in [0.15, 0.2) is 11.5 Å². The number of benzene rings is 1. The molecule has 0 saturated carbocycles. The van der Waals surface area contributed by atoms with Crippen molar-refractivity contribution in [2.24, 2.45) is 0 Å².